The van der Waals surface area contributed by atoms with Crippen LogP contribution >= 0.6 is 11.8 Å². The van der Waals surface area contributed by atoms with E-state index in [1.54, 1.807) is 11.8 Å². The van der Waals surface area contributed by atoms with Crippen LogP contribution in [0.25, 0.3) is 0 Å². The highest BCUT2D eigenvalue weighted by molar-refractivity contribution is 7.98. The average Bonchev–Trinajstić information content (AvgIpc) is 2.92. The number of ether oxygens (including phenoxy) is 1. The van der Waals surface area contributed by atoms with Crippen LogP contribution in [0.3, 0.4) is 0 Å². The molecule has 0 radical (unpaired) electrons. The number of thioether (sulfide) groups is 1. The monoisotopic (exact) mass is 195 g/mol. The SMILES string of the molecule is CSc1cc(C)ncc1OC1CC1. The number of hydrogen-bond acceptors (Lipinski definition) is 3. The molecule has 0 amide bonds. The zero-order valence-corrected chi connectivity index (χ0v) is 8.73. The second-order valence-electron chi connectivity index (χ2n) is 3.29. The largest absolute Gasteiger partial charge is 0.488 e. The lowest BCUT2D eigenvalue weighted by atomic mass is 10.4. The zero-order chi connectivity index (χ0) is 9.26. The molecular formula is C10H13NOS. The van der Waals surface area contributed by atoms with Gasteiger partial charge in [0.2, 0.25) is 0 Å². The van der Waals surface area contributed by atoms with Gasteiger partial charge in [-0.1, -0.05) is 0 Å². The van der Waals surface area contributed by atoms with E-state index in [9.17, 15) is 0 Å². The molecule has 0 bridgehead atoms. The van der Waals surface area contributed by atoms with E-state index in [4.69, 9.17) is 4.74 Å². The predicted molar refractivity (Wildman–Crippen MR) is 54.4 cm³/mol. The highest BCUT2D eigenvalue weighted by Crippen LogP contribution is 2.32. The maximum absolute atomic E-state index is 5.72. The van der Waals surface area contributed by atoms with Gasteiger partial charge < -0.3 is 4.74 Å². The van der Waals surface area contributed by atoms with E-state index in [-0.39, 0.29) is 0 Å². The first-order valence-electron chi connectivity index (χ1n) is 4.47. The summed E-state index contributed by atoms with van der Waals surface area (Å²) in [4.78, 5) is 5.42. The summed E-state index contributed by atoms with van der Waals surface area (Å²) in [6, 6.07) is 2.07. The Bertz CT molecular complexity index is 310. The molecule has 70 valence electrons. The van der Waals surface area contributed by atoms with Crippen LogP contribution in [0, 0.1) is 6.92 Å². The molecule has 0 N–H and O–H groups in total. The highest BCUT2D eigenvalue weighted by atomic mass is 32.2. The van der Waals surface area contributed by atoms with Gasteiger partial charge >= 0.3 is 0 Å². The molecule has 2 nitrogen and oxygen atoms in total. The molecule has 1 aromatic heterocycles. The fourth-order valence-electron chi connectivity index (χ4n) is 1.14. The summed E-state index contributed by atoms with van der Waals surface area (Å²) in [5.41, 5.74) is 1.05. The van der Waals surface area contributed by atoms with Gasteiger partial charge in [0.25, 0.3) is 0 Å². The van der Waals surface area contributed by atoms with E-state index < -0.39 is 0 Å². The molecule has 3 heteroatoms. The smallest absolute Gasteiger partial charge is 0.151 e. The van der Waals surface area contributed by atoms with Crippen molar-refractivity contribution in [2.75, 3.05) is 6.26 Å². The molecule has 1 saturated carbocycles. The Morgan fingerprint density at radius 3 is 2.92 bits per heavy atom. The second-order valence-corrected chi connectivity index (χ2v) is 4.14. The average molecular weight is 195 g/mol. The Labute approximate surface area is 82.7 Å². The number of nitrogens with zero attached hydrogens (tertiary/aromatic N) is 1. The number of aryl methyl sites for hydroxylation is 1. The topological polar surface area (TPSA) is 22.1 Å². The Kier molecular flexibility index (Phi) is 2.44. The number of pyridine rings is 1. The zero-order valence-electron chi connectivity index (χ0n) is 7.91. The minimum Gasteiger partial charge on any atom is -0.488 e. The first-order valence-corrected chi connectivity index (χ1v) is 5.69. The molecule has 0 unspecified atom stereocenters. The third-order valence-corrected chi connectivity index (χ3v) is 2.77. The van der Waals surface area contributed by atoms with Crippen LogP contribution in [-0.4, -0.2) is 17.3 Å². The van der Waals surface area contributed by atoms with Gasteiger partial charge in [0.15, 0.2) is 5.75 Å². The molecule has 2 rings (SSSR count). The molecule has 1 heterocycles. The quantitative estimate of drug-likeness (QED) is 0.692. The van der Waals surface area contributed by atoms with Crippen molar-refractivity contribution in [2.24, 2.45) is 0 Å². The Balaban J connectivity index is 2.21. The minimum atomic E-state index is 0.454. The van der Waals surface area contributed by atoms with Crippen LogP contribution in [0.5, 0.6) is 5.75 Å². The van der Waals surface area contributed by atoms with E-state index in [1.165, 1.54) is 17.7 Å². The van der Waals surface area contributed by atoms with E-state index in [0.717, 1.165) is 11.4 Å². The minimum absolute atomic E-state index is 0.454. The molecule has 1 aromatic rings. The third-order valence-electron chi connectivity index (χ3n) is 2.01. The fraction of sp³-hybridized carbons (Fsp3) is 0.500. The molecule has 0 atom stereocenters. The molecule has 0 saturated heterocycles. The summed E-state index contributed by atoms with van der Waals surface area (Å²) in [6.07, 6.45) is 6.74. The second kappa shape index (κ2) is 3.58. The van der Waals surface area contributed by atoms with Crippen molar-refractivity contribution in [1.29, 1.82) is 0 Å². The van der Waals surface area contributed by atoms with Gasteiger partial charge in [-0.2, -0.15) is 0 Å². The van der Waals surface area contributed by atoms with Crippen molar-refractivity contribution < 1.29 is 4.74 Å². The maximum atomic E-state index is 5.72. The molecule has 1 fully saturated rings. The first kappa shape index (κ1) is 8.88. The molecular weight excluding hydrogens is 182 g/mol. The lowest BCUT2D eigenvalue weighted by molar-refractivity contribution is 0.294. The van der Waals surface area contributed by atoms with Crippen LogP contribution in [0.1, 0.15) is 18.5 Å². The van der Waals surface area contributed by atoms with E-state index >= 15 is 0 Å². The maximum Gasteiger partial charge on any atom is 0.151 e. The normalized spacial score (nSPS) is 15.8. The van der Waals surface area contributed by atoms with Crippen LogP contribution in [0.4, 0.5) is 0 Å². The molecule has 0 aromatic carbocycles. The van der Waals surface area contributed by atoms with Crippen molar-refractivity contribution >= 4 is 11.8 Å². The first-order chi connectivity index (χ1) is 6.29. The van der Waals surface area contributed by atoms with Crippen molar-refractivity contribution in [2.45, 2.75) is 30.8 Å². The van der Waals surface area contributed by atoms with Gasteiger partial charge in [-0.15, -0.1) is 11.8 Å². The number of aromatic nitrogens is 1. The lowest BCUT2D eigenvalue weighted by Gasteiger charge is -2.08. The Morgan fingerprint density at radius 2 is 2.31 bits per heavy atom. The van der Waals surface area contributed by atoms with Gasteiger partial charge in [0.05, 0.1) is 17.2 Å². The standard InChI is InChI=1S/C10H13NOS/c1-7-5-10(13-2)9(6-11-7)12-8-3-4-8/h5-6,8H,3-4H2,1-2H3. The summed E-state index contributed by atoms with van der Waals surface area (Å²) < 4.78 is 5.72. The highest BCUT2D eigenvalue weighted by Gasteiger charge is 2.24. The van der Waals surface area contributed by atoms with Crippen LogP contribution < -0.4 is 4.74 Å². The van der Waals surface area contributed by atoms with Crippen molar-refractivity contribution in [3.05, 3.63) is 18.0 Å². The lowest BCUT2D eigenvalue weighted by Crippen LogP contribution is -1.98. The van der Waals surface area contributed by atoms with Gasteiger partial charge in [-0.25, -0.2) is 0 Å². The van der Waals surface area contributed by atoms with Crippen LogP contribution in [0.2, 0.25) is 0 Å². The molecule has 1 aliphatic carbocycles. The van der Waals surface area contributed by atoms with Gasteiger partial charge in [-0.3, -0.25) is 4.98 Å². The van der Waals surface area contributed by atoms with E-state index in [2.05, 4.69) is 17.3 Å². The summed E-state index contributed by atoms with van der Waals surface area (Å²) in [6.45, 7) is 2.00. The van der Waals surface area contributed by atoms with Gasteiger partial charge in [-0.05, 0) is 32.1 Å². The van der Waals surface area contributed by atoms with Crippen LogP contribution in [-0.2, 0) is 0 Å². The number of rotatable bonds is 3. The summed E-state index contributed by atoms with van der Waals surface area (Å²) in [5, 5.41) is 0. The van der Waals surface area contributed by atoms with Crippen molar-refractivity contribution in [3.8, 4) is 5.75 Å². The van der Waals surface area contributed by atoms with E-state index in [1.807, 2.05) is 13.1 Å². The molecule has 0 spiro atoms. The Morgan fingerprint density at radius 1 is 1.54 bits per heavy atom. The third kappa shape index (κ3) is 2.15. The molecule has 0 aliphatic heterocycles. The summed E-state index contributed by atoms with van der Waals surface area (Å²) in [5.74, 6) is 0.945. The Hall–Kier alpha value is -0.700. The van der Waals surface area contributed by atoms with Gasteiger partial charge in [0.1, 0.15) is 0 Å². The van der Waals surface area contributed by atoms with Crippen molar-refractivity contribution in [1.82, 2.24) is 4.98 Å². The molecule has 1 aliphatic rings. The molecule has 13 heavy (non-hydrogen) atoms. The van der Waals surface area contributed by atoms with Crippen molar-refractivity contribution in [3.63, 3.8) is 0 Å². The summed E-state index contributed by atoms with van der Waals surface area (Å²) in [7, 11) is 0. The van der Waals surface area contributed by atoms with E-state index in [0.29, 0.717) is 6.10 Å². The fourth-order valence-corrected chi connectivity index (χ4v) is 1.73. The van der Waals surface area contributed by atoms with Crippen LogP contribution in [0.15, 0.2) is 17.2 Å². The predicted octanol–water partition coefficient (Wildman–Crippen LogP) is 2.65. The number of hydrogen-bond donors (Lipinski definition) is 0. The van der Waals surface area contributed by atoms with Gasteiger partial charge in [0, 0.05) is 5.69 Å². The summed E-state index contributed by atoms with van der Waals surface area (Å²) >= 11 is 1.71.